The molecule has 22 heavy (non-hydrogen) atoms. The van der Waals surface area contributed by atoms with Crippen molar-refractivity contribution in [3.63, 3.8) is 0 Å². The van der Waals surface area contributed by atoms with Crippen molar-refractivity contribution in [1.82, 2.24) is 8.52 Å². The van der Waals surface area contributed by atoms with E-state index in [1.807, 2.05) is 42.5 Å². The summed E-state index contributed by atoms with van der Waals surface area (Å²) in [5.74, 6) is 0. The number of aromatic nitrogens is 2. The standard InChI is InChI=1S/C16H15N3O2S/c17-10-12-6-8-13(9-7-12)11-18-15(20)19(22-16(18)21)14-4-2-1-3-5-14/h1-9H,10-11,17H2. The second-order valence-electron chi connectivity index (χ2n) is 4.88. The van der Waals surface area contributed by atoms with E-state index in [9.17, 15) is 9.59 Å². The number of hydrogen-bond donors (Lipinski definition) is 1. The van der Waals surface area contributed by atoms with Gasteiger partial charge in [-0.3, -0.25) is 4.79 Å². The van der Waals surface area contributed by atoms with E-state index in [1.54, 1.807) is 12.1 Å². The maximum Gasteiger partial charge on any atom is 0.346 e. The quantitative estimate of drug-likeness (QED) is 0.795. The van der Waals surface area contributed by atoms with E-state index in [0.29, 0.717) is 12.2 Å². The number of benzene rings is 2. The first kappa shape index (κ1) is 14.5. The van der Waals surface area contributed by atoms with Crippen molar-refractivity contribution in [1.29, 1.82) is 0 Å². The van der Waals surface area contributed by atoms with Crippen LogP contribution in [0.1, 0.15) is 11.1 Å². The minimum atomic E-state index is -0.316. The van der Waals surface area contributed by atoms with Crippen LogP contribution in [0.4, 0.5) is 0 Å². The van der Waals surface area contributed by atoms with Gasteiger partial charge in [0.15, 0.2) is 0 Å². The Balaban J connectivity index is 1.96. The van der Waals surface area contributed by atoms with Crippen LogP contribution in [0.25, 0.3) is 5.69 Å². The molecule has 3 rings (SSSR count). The van der Waals surface area contributed by atoms with Gasteiger partial charge in [-0.15, -0.1) is 0 Å². The highest BCUT2D eigenvalue weighted by molar-refractivity contribution is 7.03. The van der Waals surface area contributed by atoms with Crippen molar-refractivity contribution >= 4 is 11.5 Å². The summed E-state index contributed by atoms with van der Waals surface area (Å²) in [6, 6.07) is 16.7. The van der Waals surface area contributed by atoms with Gasteiger partial charge in [0.1, 0.15) is 0 Å². The predicted octanol–water partition coefficient (Wildman–Crippen LogP) is 1.57. The molecule has 0 spiro atoms. The molecule has 0 bridgehead atoms. The highest BCUT2D eigenvalue weighted by Gasteiger charge is 2.11. The minimum Gasteiger partial charge on any atom is -0.326 e. The Hall–Kier alpha value is -2.44. The van der Waals surface area contributed by atoms with Crippen molar-refractivity contribution in [3.05, 3.63) is 85.9 Å². The molecule has 112 valence electrons. The fourth-order valence-electron chi connectivity index (χ4n) is 2.18. The molecule has 1 aromatic heterocycles. The number of nitrogens with two attached hydrogens (primary N) is 1. The van der Waals surface area contributed by atoms with Crippen molar-refractivity contribution in [2.24, 2.45) is 5.73 Å². The van der Waals surface area contributed by atoms with Crippen LogP contribution in [0.5, 0.6) is 0 Å². The van der Waals surface area contributed by atoms with Gasteiger partial charge < -0.3 is 5.73 Å². The third kappa shape index (κ3) is 2.79. The zero-order valence-electron chi connectivity index (χ0n) is 11.8. The molecule has 0 radical (unpaired) electrons. The monoisotopic (exact) mass is 313 g/mol. The molecular weight excluding hydrogens is 298 g/mol. The maximum atomic E-state index is 12.4. The number of para-hydroxylation sites is 1. The Morgan fingerprint density at radius 1 is 0.909 bits per heavy atom. The van der Waals surface area contributed by atoms with Gasteiger partial charge in [0.25, 0.3) is 0 Å². The van der Waals surface area contributed by atoms with Gasteiger partial charge in [0, 0.05) is 18.1 Å². The van der Waals surface area contributed by atoms with Gasteiger partial charge in [0.2, 0.25) is 0 Å². The summed E-state index contributed by atoms with van der Waals surface area (Å²) in [7, 11) is 0. The van der Waals surface area contributed by atoms with Crippen molar-refractivity contribution < 1.29 is 0 Å². The van der Waals surface area contributed by atoms with E-state index < -0.39 is 0 Å². The molecule has 6 heteroatoms. The molecule has 2 aromatic carbocycles. The van der Waals surface area contributed by atoms with Crippen LogP contribution in [-0.4, -0.2) is 8.52 Å². The first-order valence-electron chi connectivity index (χ1n) is 6.85. The van der Waals surface area contributed by atoms with Crippen molar-refractivity contribution in [2.45, 2.75) is 13.1 Å². The molecule has 0 saturated heterocycles. The highest BCUT2D eigenvalue weighted by atomic mass is 32.1. The number of rotatable bonds is 4. The van der Waals surface area contributed by atoms with E-state index in [0.717, 1.165) is 22.7 Å². The lowest BCUT2D eigenvalue weighted by atomic mass is 10.1. The highest BCUT2D eigenvalue weighted by Crippen LogP contribution is 2.07. The van der Waals surface area contributed by atoms with Crippen LogP contribution >= 0.6 is 11.5 Å². The van der Waals surface area contributed by atoms with Gasteiger partial charge in [-0.1, -0.05) is 42.5 Å². The molecule has 0 aliphatic carbocycles. The first-order valence-corrected chi connectivity index (χ1v) is 7.63. The average molecular weight is 313 g/mol. The molecule has 0 amide bonds. The van der Waals surface area contributed by atoms with Crippen molar-refractivity contribution in [2.75, 3.05) is 0 Å². The molecule has 0 atom stereocenters. The number of hydrogen-bond acceptors (Lipinski definition) is 4. The molecule has 0 saturated carbocycles. The second kappa shape index (κ2) is 6.13. The predicted molar refractivity (Wildman–Crippen MR) is 87.6 cm³/mol. The summed E-state index contributed by atoms with van der Waals surface area (Å²) in [5.41, 5.74) is 7.86. The van der Waals surface area contributed by atoms with Gasteiger partial charge >= 0.3 is 10.6 Å². The summed E-state index contributed by atoms with van der Waals surface area (Å²) in [5, 5.41) is 0. The number of nitrogens with zero attached hydrogens (tertiary/aromatic N) is 2. The molecule has 0 unspecified atom stereocenters. The molecule has 3 aromatic rings. The second-order valence-corrected chi connectivity index (χ2v) is 5.77. The maximum absolute atomic E-state index is 12.4. The van der Waals surface area contributed by atoms with E-state index in [4.69, 9.17) is 5.73 Å². The largest absolute Gasteiger partial charge is 0.346 e. The smallest absolute Gasteiger partial charge is 0.326 e. The molecule has 5 nitrogen and oxygen atoms in total. The van der Waals surface area contributed by atoms with Gasteiger partial charge in [-0.05, 0) is 23.3 Å². The Bertz CT molecular complexity index is 876. The lowest BCUT2D eigenvalue weighted by molar-refractivity contribution is 0.722. The van der Waals surface area contributed by atoms with E-state index >= 15 is 0 Å². The van der Waals surface area contributed by atoms with Crippen LogP contribution in [0.15, 0.2) is 64.2 Å². The molecule has 0 fully saturated rings. The van der Waals surface area contributed by atoms with Crippen LogP contribution < -0.4 is 16.3 Å². The average Bonchev–Trinajstić information content (AvgIpc) is 2.84. The molecule has 2 N–H and O–H groups in total. The topological polar surface area (TPSA) is 70.0 Å². The summed E-state index contributed by atoms with van der Waals surface area (Å²) in [6.07, 6.45) is 0. The Morgan fingerprint density at radius 2 is 1.55 bits per heavy atom. The van der Waals surface area contributed by atoms with E-state index in [2.05, 4.69) is 0 Å². The Labute approximate surface area is 131 Å². The van der Waals surface area contributed by atoms with Crippen LogP contribution in [0.3, 0.4) is 0 Å². The molecule has 0 aliphatic heterocycles. The van der Waals surface area contributed by atoms with Crippen LogP contribution in [0.2, 0.25) is 0 Å². The van der Waals surface area contributed by atoms with Gasteiger partial charge in [-0.25, -0.2) is 13.3 Å². The van der Waals surface area contributed by atoms with Crippen molar-refractivity contribution in [3.8, 4) is 5.69 Å². The molecule has 1 heterocycles. The normalized spacial score (nSPS) is 10.8. The van der Waals surface area contributed by atoms with E-state index in [-0.39, 0.29) is 17.1 Å². The van der Waals surface area contributed by atoms with Gasteiger partial charge in [-0.2, -0.15) is 0 Å². The lowest BCUT2D eigenvalue weighted by Crippen LogP contribution is -2.28. The summed E-state index contributed by atoms with van der Waals surface area (Å²) in [4.78, 5) is 24.3. The summed E-state index contributed by atoms with van der Waals surface area (Å²) in [6.45, 7) is 0.734. The van der Waals surface area contributed by atoms with Crippen LogP contribution in [0, 0.1) is 0 Å². The third-order valence-electron chi connectivity index (χ3n) is 3.38. The fourth-order valence-corrected chi connectivity index (χ4v) is 2.98. The first-order chi connectivity index (χ1) is 10.7. The SMILES string of the molecule is NCc1ccc(Cn2c(=O)sn(-c3ccccc3)c2=O)cc1. The Kier molecular flexibility index (Phi) is 4.04. The summed E-state index contributed by atoms with van der Waals surface area (Å²) < 4.78 is 2.66. The van der Waals surface area contributed by atoms with Crippen LogP contribution in [-0.2, 0) is 13.1 Å². The lowest BCUT2D eigenvalue weighted by Gasteiger charge is -2.03. The van der Waals surface area contributed by atoms with E-state index in [1.165, 1.54) is 8.52 Å². The minimum absolute atomic E-state index is 0.263. The third-order valence-corrected chi connectivity index (χ3v) is 4.31. The zero-order valence-corrected chi connectivity index (χ0v) is 12.6. The fraction of sp³-hybridized carbons (Fsp3) is 0.125. The zero-order chi connectivity index (χ0) is 15.5. The Morgan fingerprint density at radius 3 is 2.18 bits per heavy atom. The van der Waals surface area contributed by atoms with Gasteiger partial charge in [0.05, 0.1) is 12.2 Å². The summed E-state index contributed by atoms with van der Waals surface area (Å²) >= 11 is 0.913. The molecular formula is C16H15N3O2S. The molecule has 0 aliphatic rings.